The van der Waals surface area contributed by atoms with Crippen molar-refractivity contribution in [2.24, 2.45) is 5.92 Å². The van der Waals surface area contributed by atoms with E-state index in [1.165, 1.54) is 0 Å². The highest BCUT2D eigenvalue weighted by Gasteiger charge is 2.09. The first-order chi connectivity index (χ1) is 4.34. The molecule has 1 aliphatic carbocycles. The minimum absolute atomic E-state index is 0.356. The third-order valence-electron chi connectivity index (χ3n) is 1.56. The van der Waals surface area contributed by atoms with Gasteiger partial charge in [0.25, 0.3) is 0 Å². The summed E-state index contributed by atoms with van der Waals surface area (Å²) in [6.07, 6.45) is 4.04. The molecule has 0 aliphatic heterocycles. The lowest BCUT2D eigenvalue weighted by molar-refractivity contribution is 0.556. The third-order valence-corrected chi connectivity index (χ3v) is 1.56. The van der Waals surface area contributed by atoms with Gasteiger partial charge in [0.2, 0.25) is 0 Å². The van der Waals surface area contributed by atoms with Crippen LogP contribution in [0, 0.1) is 17.8 Å². The summed E-state index contributed by atoms with van der Waals surface area (Å²) >= 11 is 0. The van der Waals surface area contributed by atoms with Crippen LogP contribution < -0.4 is 5.32 Å². The molecular weight excluding hydrogens is 110 g/mol. The van der Waals surface area contributed by atoms with Crippen LogP contribution in [0.2, 0.25) is 0 Å². The second-order valence-corrected chi connectivity index (χ2v) is 2.27. The van der Waals surface area contributed by atoms with E-state index >= 15 is 0 Å². The summed E-state index contributed by atoms with van der Waals surface area (Å²) in [5.41, 5.74) is 0. The Labute approximate surface area is 56.1 Å². The maximum atomic E-state index is 3.13. The van der Waals surface area contributed by atoms with E-state index in [4.69, 9.17) is 0 Å². The monoisotopic (exact) mass is 121 g/mol. The molecule has 2 atom stereocenters. The first-order valence-corrected chi connectivity index (χ1v) is 3.19. The highest BCUT2D eigenvalue weighted by Crippen LogP contribution is 2.05. The largest absolute Gasteiger partial charge is 0.306 e. The molecule has 0 heterocycles. The molecule has 48 valence electrons. The van der Waals surface area contributed by atoms with Crippen molar-refractivity contribution in [2.45, 2.75) is 13.0 Å². The average Bonchev–Trinajstić information content (AvgIpc) is 1.89. The van der Waals surface area contributed by atoms with E-state index in [1.807, 2.05) is 13.1 Å². The van der Waals surface area contributed by atoms with E-state index in [0.717, 1.165) is 0 Å². The Bertz CT molecular complexity index is 171. The molecule has 0 bridgehead atoms. The van der Waals surface area contributed by atoms with Gasteiger partial charge in [0.1, 0.15) is 0 Å². The molecule has 0 saturated carbocycles. The molecule has 0 fully saturated rings. The van der Waals surface area contributed by atoms with Crippen molar-refractivity contribution in [1.82, 2.24) is 5.32 Å². The molecule has 0 aromatic heterocycles. The summed E-state index contributed by atoms with van der Waals surface area (Å²) in [5, 5.41) is 3.13. The van der Waals surface area contributed by atoms with Gasteiger partial charge in [-0.05, 0) is 13.1 Å². The van der Waals surface area contributed by atoms with Crippen LogP contribution in [-0.4, -0.2) is 13.1 Å². The molecule has 0 saturated heterocycles. The summed E-state index contributed by atoms with van der Waals surface area (Å²) in [4.78, 5) is 0. The lowest BCUT2D eigenvalue weighted by atomic mass is 9.99. The van der Waals surface area contributed by atoms with Gasteiger partial charge in [-0.1, -0.05) is 24.8 Å². The second-order valence-electron chi connectivity index (χ2n) is 2.27. The molecular formula is C8H11N. The van der Waals surface area contributed by atoms with Gasteiger partial charge >= 0.3 is 0 Å². The first kappa shape index (κ1) is 6.38. The normalized spacial score (nSPS) is 31.3. The van der Waals surface area contributed by atoms with E-state index in [2.05, 4.69) is 30.2 Å². The zero-order valence-corrected chi connectivity index (χ0v) is 5.81. The molecule has 0 aromatic carbocycles. The standard InChI is InChI=1S/C8H11N/c1-7-5-3-4-6-8(7)9-2/h3,5,7-9H,1-2H3. The fourth-order valence-corrected chi connectivity index (χ4v) is 0.915. The minimum Gasteiger partial charge on any atom is -0.306 e. The molecule has 0 spiro atoms. The fourth-order valence-electron chi connectivity index (χ4n) is 0.915. The molecule has 1 rings (SSSR count). The van der Waals surface area contributed by atoms with Gasteiger partial charge in [0, 0.05) is 5.92 Å². The van der Waals surface area contributed by atoms with Gasteiger partial charge < -0.3 is 5.32 Å². The van der Waals surface area contributed by atoms with Crippen molar-refractivity contribution in [1.29, 1.82) is 0 Å². The Morgan fingerprint density at radius 1 is 1.56 bits per heavy atom. The van der Waals surface area contributed by atoms with Crippen LogP contribution >= 0.6 is 0 Å². The van der Waals surface area contributed by atoms with Crippen molar-refractivity contribution in [3.05, 3.63) is 12.2 Å². The van der Waals surface area contributed by atoms with Gasteiger partial charge in [0.15, 0.2) is 0 Å². The van der Waals surface area contributed by atoms with Crippen LogP contribution in [0.25, 0.3) is 0 Å². The predicted molar refractivity (Wildman–Crippen MR) is 38.9 cm³/mol. The Balaban J connectivity index is 2.61. The molecule has 9 heavy (non-hydrogen) atoms. The molecule has 1 aliphatic rings. The molecule has 1 N–H and O–H groups in total. The number of rotatable bonds is 1. The molecule has 1 heteroatoms. The molecule has 0 aromatic rings. The fraction of sp³-hybridized carbons (Fsp3) is 0.500. The van der Waals surface area contributed by atoms with Crippen LogP contribution in [0.1, 0.15) is 6.92 Å². The van der Waals surface area contributed by atoms with Crippen LogP contribution in [0.5, 0.6) is 0 Å². The molecule has 2 unspecified atom stereocenters. The zero-order valence-electron chi connectivity index (χ0n) is 5.81. The summed E-state index contributed by atoms with van der Waals surface area (Å²) in [5.74, 6) is 6.55. The van der Waals surface area contributed by atoms with E-state index in [-0.39, 0.29) is 0 Å². The Morgan fingerprint density at radius 2 is 2.33 bits per heavy atom. The Kier molecular flexibility index (Phi) is 1.92. The van der Waals surface area contributed by atoms with Crippen molar-refractivity contribution in [3.63, 3.8) is 0 Å². The molecule has 0 amide bonds. The smallest absolute Gasteiger partial charge is 0.0751 e. The average molecular weight is 121 g/mol. The van der Waals surface area contributed by atoms with Crippen LogP contribution in [0.3, 0.4) is 0 Å². The maximum Gasteiger partial charge on any atom is 0.0751 e. The van der Waals surface area contributed by atoms with Crippen LogP contribution in [0.15, 0.2) is 12.2 Å². The molecule has 1 nitrogen and oxygen atoms in total. The van der Waals surface area contributed by atoms with Crippen molar-refractivity contribution < 1.29 is 0 Å². The minimum atomic E-state index is 0.356. The highest BCUT2D eigenvalue weighted by molar-refractivity contribution is 5.26. The predicted octanol–water partition coefficient (Wildman–Crippen LogP) is 0.784. The highest BCUT2D eigenvalue weighted by atomic mass is 14.9. The lowest BCUT2D eigenvalue weighted by Crippen LogP contribution is -2.30. The molecule has 0 radical (unpaired) electrons. The Morgan fingerprint density at radius 3 is 2.78 bits per heavy atom. The van der Waals surface area contributed by atoms with Gasteiger partial charge in [-0.2, -0.15) is 0 Å². The number of allylic oxidation sites excluding steroid dienone is 1. The summed E-state index contributed by atoms with van der Waals surface area (Å²) in [6.45, 7) is 2.16. The third kappa shape index (κ3) is 1.34. The summed E-state index contributed by atoms with van der Waals surface area (Å²) in [6, 6.07) is 0.356. The quantitative estimate of drug-likeness (QED) is 0.506. The number of nitrogens with one attached hydrogen (secondary N) is 1. The Hall–Kier alpha value is -0.740. The van der Waals surface area contributed by atoms with E-state index < -0.39 is 0 Å². The van der Waals surface area contributed by atoms with E-state index in [1.54, 1.807) is 0 Å². The van der Waals surface area contributed by atoms with Crippen LogP contribution in [0.4, 0.5) is 0 Å². The number of hydrogen-bond donors (Lipinski definition) is 1. The van der Waals surface area contributed by atoms with E-state index in [9.17, 15) is 0 Å². The van der Waals surface area contributed by atoms with E-state index in [0.29, 0.717) is 12.0 Å². The zero-order chi connectivity index (χ0) is 6.69. The lowest BCUT2D eigenvalue weighted by Gasteiger charge is -2.15. The van der Waals surface area contributed by atoms with Crippen molar-refractivity contribution in [3.8, 4) is 11.8 Å². The second kappa shape index (κ2) is 2.70. The maximum absolute atomic E-state index is 3.13. The van der Waals surface area contributed by atoms with Gasteiger partial charge in [-0.25, -0.2) is 0 Å². The van der Waals surface area contributed by atoms with Gasteiger partial charge in [0.05, 0.1) is 6.04 Å². The first-order valence-electron chi connectivity index (χ1n) is 3.19. The van der Waals surface area contributed by atoms with Gasteiger partial charge in [-0.3, -0.25) is 0 Å². The van der Waals surface area contributed by atoms with Crippen LogP contribution in [-0.2, 0) is 0 Å². The number of hydrogen-bond acceptors (Lipinski definition) is 1. The van der Waals surface area contributed by atoms with Crippen molar-refractivity contribution in [2.75, 3.05) is 7.05 Å². The summed E-state index contributed by atoms with van der Waals surface area (Å²) in [7, 11) is 1.94. The summed E-state index contributed by atoms with van der Waals surface area (Å²) < 4.78 is 0. The van der Waals surface area contributed by atoms with Crippen molar-refractivity contribution >= 4 is 0 Å². The SMILES string of the molecule is CNC1C#CC=CC1C. The van der Waals surface area contributed by atoms with Gasteiger partial charge in [-0.15, -0.1) is 0 Å². The topological polar surface area (TPSA) is 12.0 Å².